The summed E-state index contributed by atoms with van der Waals surface area (Å²) in [5.74, 6) is -0.159. The van der Waals surface area contributed by atoms with Crippen molar-refractivity contribution in [1.82, 2.24) is 10.3 Å². The van der Waals surface area contributed by atoms with Crippen molar-refractivity contribution in [1.29, 1.82) is 0 Å². The van der Waals surface area contributed by atoms with E-state index in [9.17, 15) is 13.6 Å². The highest BCUT2D eigenvalue weighted by atomic mass is 19.3. The van der Waals surface area contributed by atoms with Gasteiger partial charge >= 0.3 is 11.8 Å². The van der Waals surface area contributed by atoms with Crippen LogP contribution in [0.2, 0.25) is 0 Å². The average Bonchev–Trinajstić information content (AvgIpc) is 2.54. The van der Waals surface area contributed by atoms with Gasteiger partial charge in [-0.3, -0.25) is 15.1 Å². The molecule has 6 heteroatoms. The molecular weight excluding hydrogens is 180 g/mol. The number of alkyl halides is 2. The van der Waals surface area contributed by atoms with Gasteiger partial charge in [0, 0.05) is 0 Å². The highest BCUT2D eigenvalue weighted by Crippen LogP contribution is 2.18. The topological polar surface area (TPSA) is 58.4 Å². The van der Waals surface area contributed by atoms with Crippen LogP contribution in [-0.4, -0.2) is 36.4 Å². The van der Waals surface area contributed by atoms with E-state index in [1.54, 1.807) is 4.90 Å². The summed E-state index contributed by atoms with van der Waals surface area (Å²) in [6.45, 7) is 0.733. The zero-order chi connectivity index (χ0) is 9.90. The highest BCUT2D eigenvalue weighted by Gasteiger charge is 2.40. The summed E-state index contributed by atoms with van der Waals surface area (Å²) < 4.78 is 25.9. The Morgan fingerprint density at radius 1 is 1.46 bits per heavy atom. The predicted octanol–water partition coefficient (Wildman–Crippen LogP) is -0.293. The van der Waals surface area contributed by atoms with Crippen molar-refractivity contribution in [3.8, 4) is 0 Å². The molecule has 0 spiro atoms. The van der Waals surface area contributed by atoms with E-state index in [2.05, 4.69) is 5.84 Å². The standard InChI is InChI=1S/C7H13F2N3O/c8-7(9,6(13)11-10)5-12-3-1-2-4-12/h1-5,10H2,(H,11,13). The van der Waals surface area contributed by atoms with Crippen molar-refractivity contribution in [2.75, 3.05) is 19.6 Å². The molecule has 76 valence electrons. The Morgan fingerprint density at radius 3 is 2.46 bits per heavy atom. The second-order valence-corrected chi connectivity index (χ2v) is 3.16. The first kappa shape index (κ1) is 10.3. The fraction of sp³-hybridized carbons (Fsp3) is 0.857. The van der Waals surface area contributed by atoms with E-state index in [0.717, 1.165) is 12.8 Å². The maximum absolute atomic E-state index is 12.9. The number of nitrogens with two attached hydrogens (primary N) is 1. The van der Waals surface area contributed by atoms with Crippen LogP contribution < -0.4 is 11.3 Å². The van der Waals surface area contributed by atoms with Crippen molar-refractivity contribution >= 4 is 5.91 Å². The van der Waals surface area contributed by atoms with E-state index in [0.29, 0.717) is 13.1 Å². The summed E-state index contributed by atoms with van der Waals surface area (Å²) in [4.78, 5) is 12.2. The average molecular weight is 193 g/mol. The molecule has 1 amide bonds. The third kappa shape index (κ3) is 2.60. The first-order valence-electron chi connectivity index (χ1n) is 4.17. The van der Waals surface area contributed by atoms with Gasteiger partial charge in [0.2, 0.25) is 0 Å². The number of hydrazine groups is 1. The molecule has 0 aliphatic carbocycles. The Labute approximate surface area is 75.0 Å². The molecule has 0 saturated carbocycles. The number of halogens is 2. The maximum atomic E-state index is 12.9. The molecule has 0 atom stereocenters. The minimum atomic E-state index is -3.38. The van der Waals surface area contributed by atoms with Crippen LogP contribution in [0.15, 0.2) is 0 Å². The second-order valence-electron chi connectivity index (χ2n) is 3.16. The molecule has 1 rings (SSSR count). The first-order chi connectivity index (χ1) is 6.06. The normalized spacial score (nSPS) is 19.0. The lowest BCUT2D eigenvalue weighted by Crippen LogP contribution is -2.49. The first-order valence-corrected chi connectivity index (χ1v) is 4.17. The van der Waals surface area contributed by atoms with Gasteiger partial charge < -0.3 is 0 Å². The minimum Gasteiger partial charge on any atom is -0.297 e. The number of nitrogens with zero attached hydrogens (tertiary/aromatic N) is 1. The summed E-state index contributed by atoms with van der Waals surface area (Å²) in [5, 5.41) is 0. The Kier molecular flexibility index (Phi) is 3.16. The summed E-state index contributed by atoms with van der Waals surface area (Å²) in [7, 11) is 0. The van der Waals surface area contributed by atoms with Gasteiger partial charge in [-0.1, -0.05) is 0 Å². The number of carbonyl (C=O) groups excluding carboxylic acids is 1. The molecule has 0 bridgehead atoms. The smallest absolute Gasteiger partial charge is 0.297 e. The predicted molar refractivity (Wildman–Crippen MR) is 43.0 cm³/mol. The molecule has 1 aliphatic rings. The van der Waals surface area contributed by atoms with Crippen molar-refractivity contribution in [2.24, 2.45) is 5.84 Å². The van der Waals surface area contributed by atoms with Crippen molar-refractivity contribution in [2.45, 2.75) is 18.8 Å². The minimum absolute atomic E-state index is 0.532. The number of amides is 1. The van der Waals surface area contributed by atoms with E-state index in [-0.39, 0.29) is 0 Å². The maximum Gasteiger partial charge on any atom is 0.338 e. The molecule has 1 aliphatic heterocycles. The number of hydrogen-bond acceptors (Lipinski definition) is 3. The Hall–Kier alpha value is -0.750. The van der Waals surface area contributed by atoms with Crippen LogP contribution in [-0.2, 0) is 4.79 Å². The van der Waals surface area contributed by atoms with Crippen molar-refractivity contribution in [3.05, 3.63) is 0 Å². The molecule has 0 aromatic carbocycles. The third-order valence-corrected chi connectivity index (χ3v) is 2.08. The SMILES string of the molecule is NNC(=O)C(F)(F)CN1CCCC1. The van der Waals surface area contributed by atoms with Crippen LogP contribution in [0.25, 0.3) is 0 Å². The van der Waals surface area contributed by atoms with Gasteiger partial charge in [0.15, 0.2) is 0 Å². The van der Waals surface area contributed by atoms with Gasteiger partial charge in [-0.25, -0.2) is 5.84 Å². The van der Waals surface area contributed by atoms with Gasteiger partial charge in [0.25, 0.3) is 0 Å². The largest absolute Gasteiger partial charge is 0.338 e. The van der Waals surface area contributed by atoms with E-state index in [1.807, 2.05) is 0 Å². The Morgan fingerprint density at radius 2 is 2.00 bits per heavy atom. The van der Waals surface area contributed by atoms with E-state index >= 15 is 0 Å². The van der Waals surface area contributed by atoms with Crippen LogP contribution in [0.3, 0.4) is 0 Å². The van der Waals surface area contributed by atoms with Crippen molar-refractivity contribution in [3.63, 3.8) is 0 Å². The fourth-order valence-electron chi connectivity index (χ4n) is 1.40. The Bertz CT molecular complexity index is 192. The molecule has 13 heavy (non-hydrogen) atoms. The van der Waals surface area contributed by atoms with Crippen LogP contribution in [0, 0.1) is 0 Å². The summed E-state index contributed by atoms with van der Waals surface area (Å²) in [6.07, 6.45) is 1.83. The van der Waals surface area contributed by atoms with Gasteiger partial charge in [-0.2, -0.15) is 8.78 Å². The van der Waals surface area contributed by atoms with E-state index < -0.39 is 18.4 Å². The fourth-order valence-corrected chi connectivity index (χ4v) is 1.40. The molecule has 1 saturated heterocycles. The zero-order valence-corrected chi connectivity index (χ0v) is 7.22. The zero-order valence-electron chi connectivity index (χ0n) is 7.22. The molecule has 3 N–H and O–H groups in total. The Balaban J connectivity index is 2.44. The monoisotopic (exact) mass is 193 g/mol. The van der Waals surface area contributed by atoms with E-state index in [4.69, 9.17) is 0 Å². The lowest BCUT2D eigenvalue weighted by Gasteiger charge is -2.21. The van der Waals surface area contributed by atoms with Crippen molar-refractivity contribution < 1.29 is 13.6 Å². The number of carbonyl (C=O) groups is 1. The molecular formula is C7H13F2N3O. The number of hydrogen-bond donors (Lipinski definition) is 2. The molecule has 0 radical (unpaired) electrons. The highest BCUT2D eigenvalue weighted by molar-refractivity contribution is 5.83. The van der Waals surface area contributed by atoms with Gasteiger partial charge in [-0.05, 0) is 25.9 Å². The molecule has 4 nitrogen and oxygen atoms in total. The number of rotatable bonds is 3. The second kappa shape index (κ2) is 3.97. The summed E-state index contributed by atoms with van der Waals surface area (Å²) >= 11 is 0. The van der Waals surface area contributed by atoms with Gasteiger partial charge in [0.1, 0.15) is 0 Å². The quantitative estimate of drug-likeness (QED) is 0.368. The van der Waals surface area contributed by atoms with Gasteiger partial charge in [-0.15, -0.1) is 0 Å². The number of likely N-dealkylation sites (tertiary alicyclic amines) is 1. The van der Waals surface area contributed by atoms with Gasteiger partial charge in [0.05, 0.1) is 6.54 Å². The summed E-state index contributed by atoms with van der Waals surface area (Å²) in [5.41, 5.74) is 1.46. The molecule has 1 fully saturated rings. The molecule has 0 aromatic rings. The molecule has 0 aromatic heterocycles. The molecule has 1 heterocycles. The van der Waals surface area contributed by atoms with E-state index in [1.165, 1.54) is 5.43 Å². The lowest BCUT2D eigenvalue weighted by atomic mass is 10.3. The van der Waals surface area contributed by atoms with Crippen LogP contribution in [0.4, 0.5) is 8.78 Å². The summed E-state index contributed by atoms with van der Waals surface area (Å²) in [6, 6.07) is 0. The number of nitrogens with one attached hydrogen (secondary N) is 1. The third-order valence-electron chi connectivity index (χ3n) is 2.08. The van der Waals surface area contributed by atoms with Crippen LogP contribution in [0.1, 0.15) is 12.8 Å². The van der Waals surface area contributed by atoms with Crippen LogP contribution >= 0.6 is 0 Å². The van der Waals surface area contributed by atoms with Crippen LogP contribution in [0.5, 0.6) is 0 Å². The lowest BCUT2D eigenvalue weighted by molar-refractivity contribution is -0.148. The molecule has 0 unspecified atom stereocenters.